The van der Waals surface area contributed by atoms with Crippen LogP contribution in [0.4, 0.5) is 0 Å². The number of imidazole rings is 1. The lowest BCUT2D eigenvalue weighted by molar-refractivity contribution is 0.516. The quantitative estimate of drug-likeness (QED) is 0.304. The largest absolute Gasteiger partial charge is 0.292 e. The van der Waals surface area contributed by atoms with Gasteiger partial charge in [0.2, 0.25) is 0 Å². The summed E-state index contributed by atoms with van der Waals surface area (Å²) in [6, 6.07) is 18.5. The van der Waals surface area contributed by atoms with Crippen LogP contribution < -0.4 is 0 Å². The van der Waals surface area contributed by atoms with Gasteiger partial charge >= 0.3 is 0 Å². The van der Waals surface area contributed by atoms with Crippen LogP contribution in [0, 0.1) is 5.41 Å². The van der Waals surface area contributed by atoms with Crippen molar-refractivity contribution in [2.24, 2.45) is 10.4 Å². The number of fused-ring (bicyclic) bond motifs is 1. The highest BCUT2D eigenvalue weighted by Gasteiger charge is 2.26. The van der Waals surface area contributed by atoms with E-state index >= 15 is 0 Å². The van der Waals surface area contributed by atoms with Crippen LogP contribution in [0.15, 0.2) is 113 Å². The molecule has 0 spiro atoms. The maximum Gasteiger partial charge on any atom is 0.145 e. The molecule has 1 heterocycles. The normalized spacial score (nSPS) is 17.3. The average Bonchev–Trinajstić information content (AvgIpc) is 3.24. The molecule has 3 aromatic rings. The number of para-hydroxylation sites is 3. The van der Waals surface area contributed by atoms with E-state index in [1.165, 1.54) is 5.57 Å². The van der Waals surface area contributed by atoms with Gasteiger partial charge in [-0.25, -0.2) is 4.98 Å². The Labute approximate surface area is 226 Å². The Morgan fingerprint density at radius 2 is 1.68 bits per heavy atom. The van der Waals surface area contributed by atoms with Crippen molar-refractivity contribution in [1.29, 1.82) is 0 Å². The fourth-order valence-electron chi connectivity index (χ4n) is 4.52. The Bertz CT molecular complexity index is 1470. The summed E-state index contributed by atoms with van der Waals surface area (Å²) >= 11 is 6.86. The summed E-state index contributed by atoms with van der Waals surface area (Å²) in [6.07, 6.45) is 11.4. The first-order valence-electron chi connectivity index (χ1n) is 12.8. The third kappa shape index (κ3) is 5.78. The van der Waals surface area contributed by atoms with Gasteiger partial charge in [-0.15, -0.1) is 0 Å². The number of nitrogens with zero attached hydrogens (tertiary/aromatic N) is 3. The number of aliphatic imine (C=N–C) groups is 1. The van der Waals surface area contributed by atoms with Crippen molar-refractivity contribution >= 4 is 33.9 Å². The molecule has 3 nitrogen and oxygen atoms in total. The van der Waals surface area contributed by atoms with Crippen molar-refractivity contribution in [3.8, 4) is 5.69 Å². The maximum absolute atomic E-state index is 6.86. The summed E-state index contributed by atoms with van der Waals surface area (Å²) in [7, 11) is 0. The number of halogens is 1. The molecule has 0 unspecified atom stereocenters. The van der Waals surface area contributed by atoms with Crippen molar-refractivity contribution < 1.29 is 0 Å². The van der Waals surface area contributed by atoms with Crippen LogP contribution in [-0.4, -0.2) is 20.8 Å². The first kappa shape index (κ1) is 26.6. The van der Waals surface area contributed by atoms with Crippen LogP contribution in [0.5, 0.6) is 0 Å². The van der Waals surface area contributed by atoms with Crippen LogP contribution in [0.25, 0.3) is 22.3 Å². The van der Waals surface area contributed by atoms with Crippen molar-refractivity contribution in [2.75, 3.05) is 0 Å². The molecule has 1 aliphatic carbocycles. The number of aromatic nitrogens is 2. The Balaban J connectivity index is 1.84. The molecular weight excluding hydrogens is 474 g/mol. The van der Waals surface area contributed by atoms with Crippen molar-refractivity contribution in [3.63, 3.8) is 0 Å². The highest BCUT2D eigenvalue weighted by atomic mass is 35.5. The third-order valence-electron chi connectivity index (χ3n) is 6.34. The summed E-state index contributed by atoms with van der Waals surface area (Å²) in [5.74, 6) is 0.834. The van der Waals surface area contributed by atoms with E-state index in [-0.39, 0.29) is 5.41 Å². The van der Waals surface area contributed by atoms with Gasteiger partial charge in [0.1, 0.15) is 5.82 Å². The second-order valence-electron chi connectivity index (χ2n) is 10.9. The van der Waals surface area contributed by atoms with Gasteiger partial charge in [0.25, 0.3) is 0 Å². The van der Waals surface area contributed by atoms with Gasteiger partial charge in [-0.3, -0.25) is 9.56 Å². The molecule has 37 heavy (non-hydrogen) atoms. The van der Waals surface area contributed by atoms with E-state index in [0.29, 0.717) is 5.03 Å². The van der Waals surface area contributed by atoms with Gasteiger partial charge < -0.3 is 0 Å². The first-order valence-corrected chi connectivity index (χ1v) is 13.2. The first-order chi connectivity index (χ1) is 17.5. The molecule has 190 valence electrons. The molecular formula is C33H36ClN3. The summed E-state index contributed by atoms with van der Waals surface area (Å²) in [6.45, 7) is 17.1. The molecule has 4 rings (SSSR count). The minimum absolute atomic E-state index is 0.000448. The summed E-state index contributed by atoms with van der Waals surface area (Å²) in [5.41, 5.74) is 6.47. The topological polar surface area (TPSA) is 30.2 Å². The van der Waals surface area contributed by atoms with Crippen LogP contribution in [0.3, 0.4) is 0 Å². The van der Waals surface area contributed by atoms with E-state index in [1.54, 1.807) is 0 Å². The number of rotatable bonds is 6. The second kappa shape index (κ2) is 10.5. The molecule has 4 heteroatoms. The third-order valence-corrected chi connectivity index (χ3v) is 6.63. The summed E-state index contributed by atoms with van der Waals surface area (Å²) in [4.78, 5) is 10.2. The van der Waals surface area contributed by atoms with Gasteiger partial charge in [0, 0.05) is 11.3 Å². The zero-order valence-electron chi connectivity index (χ0n) is 22.7. The van der Waals surface area contributed by atoms with E-state index in [1.807, 2.05) is 42.5 Å². The van der Waals surface area contributed by atoms with Gasteiger partial charge in [-0.1, -0.05) is 88.4 Å². The number of benzene rings is 2. The highest BCUT2D eigenvalue weighted by Crippen LogP contribution is 2.36. The lowest BCUT2D eigenvalue weighted by Crippen LogP contribution is -2.21. The lowest BCUT2D eigenvalue weighted by Gasteiger charge is -2.27. The van der Waals surface area contributed by atoms with E-state index in [0.717, 1.165) is 45.8 Å². The van der Waals surface area contributed by atoms with Crippen LogP contribution in [-0.2, 0) is 0 Å². The zero-order chi connectivity index (χ0) is 26.8. The summed E-state index contributed by atoms with van der Waals surface area (Å²) in [5, 5.41) is 0.672. The SMILES string of the molecule is C=C/C(=C\C(C)(C)/N=C1/C(Cl)=CC(C(C)(C)C)=C/C1=C/CC)c1nc2ccccc2n1-c1ccccc1. The van der Waals surface area contributed by atoms with E-state index in [9.17, 15) is 0 Å². The van der Waals surface area contributed by atoms with Crippen molar-refractivity contribution in [1.82, 2.24) is 9.55 Å². The molecule has 0 bridgehead atoms. The Morgan fingerprint density at radius 1 is 1.00 bits per heavy atom. The highest BCUT2D eigenvalue weighted by molar-refractivity contribution is 6.47. The molecule has 0 atom stereocenters. The Hall–Kier alpha value is -3.43. The van der Waals surface area contributed by atoms with Crippen LogP contribution in [0.2, 0.25) is 0 Å². The van der Waals surface area contributed by atoms with Crippen molar-refractivity contribution in [2.45, 2.75) is 53.5 Å². The van der Waals surface area contributed by atoms with E-state index in [4.69, 9.17) is 21.6 Å². The molecule has 0 saturated carbocycles. The van der Waals surface area contributed by atoms with Gasteiger partial charge in [-0.05, 0) is 79.3 Å². The minimum Gasteiger partial charge on any atom is -0.292 e. The Kier molecular flexibility index (Phi) is 7.57. The minimum atomic E-state index is -0.563. The van der Waals surface area contributed by atoms with Crippen LogP contribution in [0.1, 0.15) is 53.8 Å². The fourth-order valence-corrected chi connectivity index (χ4v) is 4.79. The standard InChI is InChI=1S/C33H36ClN3/c1-8-15-24-20-25(32(3,4)5)21-27(34)30(24)36-33(6,7)22-23(9-2)31-35-28-18-13-14-19-29(28)37(31)26-16-11-10-12-17-26/h9-22H,2,8H2,1,3-7H3/b23-22+,24-15-,36-30+. The summed E-state index contributed by atoms with van der Waals surface area (Å²) < 4.78 is 2.18. The predicted molar refractivity (Wildman–Crippen MR) is 161 cm³/mol. The monoisotopic (exact) mass is 509 g/mol. The average molecular weight is 510 g/mol. The predicted octanol–water partition coefficient (Wildman–Crippen LogP) is 9.26. The van der Waals surface area contributed by atoms with E-state index < -0.39 is 5.54 Å². The molecule has 0 radical (unpaired) electrons. The molecule has 1 aliphatic rings. The zero-order valence-corrected chi connectivity index (χ0v) is 23.5. The van der Waals surface area contributed by atoms with Crippen LogP contribution >= 0.6 is 11.6 Å². The van der Waals surface area contributed by atoms with E-state index in [2.05, 4.69) is 95.2 Å². The smallest absolute Gasteiger partial charge is 0.145 e. The Morgan fingerprint density at radius 3 is 2.32 bits per heavy atom. The van der Waals surface area contributed by atoms with Gasteiger partial charge in [0.15, 0.2) is 0 Å². The lowest BCUT2D eigenvalue weighted by atomic mass is 9.81. The number of allylic oxidation sites excluding steroid dienone is 8. The molecule has 0 amide bonds. The fraction of sp³-hybridized carbons (Fsp3) is 0.273. The molecule has 2 aromatic carbocycles. The maximum atomic E-state index is 6.86. The van der Waals surface area contributed by atoms with Gasteiger partial charge in [-0.2, -0.15) is 0 Å². The molecule has 0 N–H and O–H groups in total. The molecule has 0 saturated heterocycles. The molecule has 0 fully saturated rings. The molecule has 0 aliphatic heterocycles. The van der Waals surface area contributed by atoms with Gasteiger partial charge in [0.05, 0.1) is 27.3 Å². The molecule has 1 aromatic heterocycles. The number of hydrogen-bond acceptors (Lipinski definition) is 2. The number of hydrogen-bond donors (Lipinski definition) is 0. The second-order valence-corrected chi connectivity index (χ2v) is 11.3. The van der Waals surface area contributed by atoms with Crippen molar-refractivity contribution in [3.05, 3.63) is 114 Å².